The third-order valence-corrected chi connectivity index (χ3v) is 7.06. The zero-order valence-corrected chi connectivity index (χ0v) is 20.5. The van der Waals surface area contributed by atoms with Gasteiger partial charge in [0.05, 0.1) is 5.69 Å². The molecule has 1 fully saturated rings. The van der Waals surface area contributed by atoms with Crippen molar-refractivity contribution in [1.82, 2.24) is 9.97 Å². The lowest BCUT2D eigenvalue weighted by Gasteiger charge is -2.36. The van der Waals surface area contributed by atoms with Crippen molar-refractivity contribution < 1.29 is 4.79 Å². The number of amides is 2. The van der Waals surface area contributed by atoms with E-state index in [1.54, 1.807) is 4.90 Å². The van der Waals surface area contributed by atoms with E-state index >= 15 is 0 Å². The van der Waals surface area contributed by atoms with E-state index in [-0.39, 0.29) is 12.1 Å². The van der Waals surface area contributed by atoms with E-state index in [0.717, 1.165) is 56.0 Å². The van der Waals surface area contributed by atoms with Gasteiger partial charge in [-0.1, -0.05) is 26.0 Å². The number of fused-ring (bicyclic) bond motifs is 1. The maximum absolute atomic E-state index is 12.3. The average molecular weight is 451 g/mol. The van der Waals surface area contributed by atoms with Crippen molar-refractivity contribution in [2.24, 2.45) is 5.73 Å². The largest absolute Gasteiger partial charge is 0.362 e. The summed E-state index contributed by atoms with van der Waals surface area (Å²) in [5.41, 5.74) is 10.5. The molecule has 0 bridgehead atoms. The second kappa shape index (κ2) is 9.98. The zero-order chi connectivity index (χ0) is 23.5. The summed E-state index contributed by atoms with van der Waals surface area (Å²) in [5, 5.41) is 3.59. The van der Waals surface area contributed by atoms with Crippen LogP contribution in [0.3, 0.4) is 0 Å². The molecule has 2 aromatic rings. The molecule has 4 rings (SSSR count). The summed E-state index contributed by atoms with van der Waals surface area (Å²) in [6.07, 6.45) is 8.22. The molecule has 2 aliphatic rings. The van der Waals surface area contributed by atoms with E-state index in [0.29, 0.717) is 12.0 Å². The summed E-state index contributed by atoms with van der Waals surface area (Å²) >= 11 is 0. The Morgan fingerprint density at radius 2 is 1.70 bits per heavy atom. The van der Waals surface area contributed by atoms with Gasteiger partial charge in [0.15, 0.2) is 0 Å². The number of carbonyl (C=O) groups is 1. The molecule has 0 aliphatic heterocycles. The first-order valence-corrected chi connectivity index (χ1v) is 12.4. The highest BCUT2D eigenvalue weighted by Gasteiger charge is 2.30. The number of aromatic nitrogens is 2. The molecule has 2 amide bonds. The average Bonchev–Trinajstić information content (AvgIpc) is 2.80. The van der Waals surface area contributed by atoms with E-state index in [9.17, 15) is 4.79 Å². The summed E-state index contributed by atoms with van der Waals surface area (Å²) < 4.78 is 0. The van der Waals surface area contributed by atoms with Gasteiger partial charge >= 0.3 is 6.03 Å². The molecule has 7 nitrogen and oxygen atoms in total. The van der Waals surface area contributed by atoms with Crippen molar-refractivity contribution in [3.63, 3.8) is 0 Å². The number of nitrogens with one attached hydrogen (secondary N) is 1. The fourth-order valence-electron chi connectivity index (χ4n) is 5.21. The molecule has 1 aromatic carbocycles. The molecule has 0 saturated heterocycles. The van der Waals surface area contributed by atoms with E-state index in [1.165, 1.54) is 29.7 Å². The van der Waals surface area contributed by atoms with Crippen LogP contribution in [0.5, 0.6) is 0 Å². The van der Waals surface area contributed by atoms with Gasteiger partial charge in [-0.15, -0.1) is 0 Å². The number of nitrogens with zero attached hydrogens (tertiary/aromatic N) is 4. The fraction of sp³-hybridized carbons (Fsp3) is 0.577. The quantitative estimate of drug-likeness (QED) is 0.657. The van der Waals surface area contributed by atoms with Crippen molar-refractivity contribution in [3.05, 3.63) is 41.1 Å². The van der Waals surface area contributed by atoms with Gasteiger partial charge in [-0.05, 0) is 75.0 Å². The Hall–Kier alpha value is -2.83. The predicted molar refractivity (Wildman–Crippen MR) is 135 cm³/mol. The highest BCUT2D eigenvalue weighted by Crippen LogP contribution is 2.32. The van der Waals surface area contributed by atoms with Gasteiger partial charge in [-0.2, -0.15) is 4.98 Å². The maximum Gasteiger partial charge on any atom is 0.319 e. The van der Waals surface area contributed by atoms with Crippen LogP contribution in [0, 0.1) is 0 Å². The van der Waals surface area contributed by atoms with Crippen molar-refractivity contribution in [2.45, 2.75) is 83.2 Å². The molecule has 178 valence electrons. The molecule has 33 heavy (non-hydrogen) atoms. The van der Waals surface area contributed by atoms with Gasteiger partial charge in [0.2, 0.25) is 5.95 Å². The number of anilines is 3. The highest BCUT2D eigenvalue weighted by molar-refractivity contribution is 5.91. The minimum atomic E-state index is -0.377. The Morgan fingerprint density at radius 3 is 2.30 bits per heavy atom. The summed E-state index contributed by atoms with van der Waals surface area (Å²) in [6, 6.07) is 8.28. The number of hydrogen-bond donors (Lipinski definition) is 2. The van der Waals surface area contributed by atoms with Crippen LogP contribution in [0.2, 0.25) is 0 Å². The van der Waals surface area contributed by atoms with Crippen molar-refractivity contribution in [1.29, 1.82) is 0 Å². The Labute approximate surface area is 197 Å². The van der Waals surface area contributed by atoms with E-state index in [1.807, 2.05) is 12.1 Å². The normalized spacial score (nSPS) is 20.3. The lowest BCUT2D eigenvalue weighted by molar-refractivity contribution is 0.248. The molecule has 0 unspecified atom stereocenters. The molecule has 2 aliphatic carbocycles. The molecule has 7 heteroatoms. The van der Waals surface area contributed by atoms with Crippen LogP contribution in [0.25, 0.3) is 0 Å². The van der Waals surface area contributed by atoms with Gasteiger partial charge in [0, 0.05) is 37.4 Å². The topological polar surface area (TPSA) is 87.4 Å². The second-order valence-electron chi connectivity index (χ2n) is 10.0. The van der Waals surface area contributed by atoms with E-state index < -0.39 is 0 Å². The molecular formula is C26H38N6O. The lowest BCUT2D eigenvalue weighted by atomic mass is 9.90. The predicted octanol–water partition coefficient (Wildman–Crippen LogP) is 4.85. The number of rotatable bonds is 6. The molecular weight excluding hydrogens is 412 g/mol. The third kappa shape index (κ3) is 5.23. The molecule has 1 heterocycles. The van der Waals surface area contributed by atoms with Gasteiger partial charge < -0.3 is 16.0 Å². The Kier molecular flexibility index (Phi) is 7.05. The third-order valence-electron chi connectivity index (χ3n) is 7.06. The minimum Gasteiger partial charge on any atom is -0.362 e. The Bertz CT molecular complexity index is 963. The van der Waals surface area contributed by atoms with Crippen LogP contribution in [0.15, 0.2) is 24.3 Å². The van der Waals surface area contributed by atoms with Gasteiger partial charge in [-0.3, -0.25) is 4.90 Å². The number of hydrogen-bond acceptors (Lipinski definition) is 5. The molecule has 1 saturated carbocycles. The Morgan fingerprint density at radius 1 is 1.03 bits per heavy atom. The summed E-state index contributed by atoms with van der Waals surface area (Å²) in [7, 11) is 4.11. The smallest absolute Gasteiger partial charge is 0.319 e. The number of aryl methyl sites for hydroxylation is 1. The van der Waals surface area contributed by atoms with Crippen LogP contribution in [-0.4, -0.2) is 42.2 Å². The van der Waals surface area contributed by atoms with E-state index in [2.05, 4.69) is 50.3 Å². The van der Waals surface area contributed by atoms with Crippen LogP contribution < -0.4 is 20.9 Å². The SMILES string of the molecule is CC(C)c1ccc(N(C(N)=O)[C@H]2CC[C@@H](Nc3nc4c(c(N(C)C)n3)CCCC4)CC2)cc1. The maximum atomic E-state index is 12.3. The fourth-order valence-corrected chi connectivity index (χ4v) is 5.21. The van der Waals surface area contributed by atoms with Gasteiger partial charge in [0.25, 0.3) is 0 Å². The first-order chi connectivity index (χ1) is 15.8. The van der Waals surface area contributed by atoms with Crippen molar-refractivity contribution >= 4 is 23.5 Å². The van der Waals surface area contributed by atoms with Crippen molar-refractivity contribution in [2.75, 3.05) is 29.2 Å². The monoisotopic (exact) mass is 450 g/mol. The highest BCUT2D eigenvalue weighted by atomic mass is 16.2. The van der Waals surface area contributed by atoms with Crippen molar-refractivity contribution in [3.8, 4) is 0 Å². The molecule has 0 radical (unpaired) electrons. The van der Waals surface area contributed by atoms with Gasteiger partial charge in [-0.25, -0.2) is 9.78 Å². The van der Waals surface area contributed by atoms with Gasteiger partial charge in [0.1, 0.15) is 5.82 Å². The van der Waals surface area contributed by atoms with E-state index in [4.69, 9.17) is 15.7 Å². The standard InChI is InChI=1S/C26H38N6O/c1-17(2)18-9-13-20(14-10-18)32(25(27)33)21-15-11-19(12-16-21)28-26-29-23-8-6-5-7-22(23)24(30-26)31(3)4/h9-10,13-14,17,19,21H,5-8,11-12,15-16H2,1-4H3,(H2,27,33)(H,28,29,30)/t19-,21+. The first kappa shape index (κ1) is 23.3. The number of primary amides is 1. The molecule has 3 N–H and O–H groups in total. The van der Waals surface area contributed by atoms with Crippen LogP contribution in [-0.2, 0) is 12.8 Å². The zero-order valence-electron chi connectivity index (χ0n) is 20.5. The molecule has 0 atom stereocenters. The number of nitrogens with two attached hydrogens (primary N) is 1. The molecule has 0 spiro atoms. The van der Waals surface area contributed by atoms with Crippen LogP contribution >= 0.6 is 0 Å². The second-order valence-corrected chi connectivity index (χ2v) is 10.0. The van der Waals surface area contributed by atoms with Crippen LogP contribution in [0.4, 0.5) is 22.2 Å². The summed E-state index contributed by atoms with van der Waals surface area (Å²) in [6.45, 7) is 4.34. The number of urea groups is 1. The molecule has 1 aromatic heterocycles. The number of benzene rings is 1. The summed E-state index contributed by atoms with van der Waals surface area (Å²) in [5.74, 6) is 2.24. The summed E-state index contributed by atoms with van der Waals surface area (Å²) in [4.78, 5) is 25.9. The first-order valence-electron chi connectivity index (χ1n) is 12.4. The lowest BCUT2D eigenvalue weighted by Crippen LogP contribution is -2.46. The number of carbonyl (C=O) groups excluding carboxylic acids is 1. The van der Waals surface area contributed by atoms with Crippen LogP contribution in [0.1, 0.15) is 75.1 Å². The minimum absolute atomic E-state index is 0.118. The Balaban J connectivity index is 1.43.